The van der Waals surface area contributed by atoms with Crippen LogP contribution >= 0.6 is 23.4 Å². The van der Waals surface area contributed by atoms with Gasteiger partial charge >= 0.3 is 0 Å². The number of hydrazine groups is 1. The average Bonchev–Trinajstić information content (AvgIpc) is 2.53. The van der Waals surface area contributed by atoms with Crippen LogP contribution in [-0.2, 0) is 0 Å². The minimum Gasteiger partial charge on any atom is -0.267 e. The van der Waals surface area contributed by atoms with E-state index in [0.29, 0.717) is 16.7 Å². The molecule has 8 heteroatoms. The topological polar surface area (TPSA) is 58.2 Å². The van der Waals surface area contributed by atoms with Crippen molar-refractivity contribution in [2.24, 2.45) is 0 Å². The maximum absolute atomic E-state index is 12.2. The first kappa shape index (κ1) is 17.2. The van der Waals surface area contributed by atoms with Gasteiger partial charge in [0.1, 0.15) is 0 Å². The number of hydrogen-bond donors (Lipinski definition) is 2. The van der Waals surface area contributed by atoms with Gasteiger partial charge in [0.15, 0.2) is 0 Å². The summed E-state index contributed by atoms with van der Waals surface area (Å²) in [6.07, 6.45) is 0. The Morgan fingerprint density at radius 3 is 2.17 bits per heavy atom. The molecule has 0 aliphatic rings. The fourth-order valence-corrected chi connectivity index (χ4v) is 2.41. The van der Waals surface area contributed by atoms with Crippen LogP contribution in [0.15, 0.2) is 53.4 Å². The maximum Gasteiger partial charge on any atom is 0.288 e. The van der Waals surface area contributed by atoms with Gasteiger partial charge in [0.05, 0.1) is 10.6 Å². The van der Waals surface area contributed by atoms with Crippen LogP contribution in [0.1, 0.15) is 20.7 Å². The largest absolute Gasteiger partial charge is 0.288 e. The van der Waals surface area contributed by atoms with E-state index < -0.39 is 17.6 Å². The van der Waals surface area contributed by atoms with Crippen LogP contribution in [0.25, 0.3) is 0 Å². The lowest BCUT2D eigenvalue weighted by Crippen LogP contribution is -2.41. The number of rotatable bonds is 4. The molecule has 0 fully saturated rings. The van der Waals surface area contributed by atoms with Gasteiger partial charge in [0, 0.05) is 10.5 Å². The number of benzene rings is 2. The number of alkyl halides is 2. The van der Waals surface area contributed by atoms with Crippen molar-refractivity contribution in [1.29, 1.82) is 0 Å². The number of thioether (sulfide) groups is 1. The second kappa shape index (κ2) is 7.94. The molecule has 0 unspecified atom stereocenters. The lowest BCUT2D eigenvalue weighted by atomic mass is 10.2. The summed E-state index contributed by atoms with van der Waals surface area (Å²) in [5.41, 5.74) is 4.91. The van der Waals surface area contributed by atoms with Gasteiger partial charge in [-0.1, -0.05) is 35.5 Å². The van der Waals surface area contributed by atoms with Crippen LogP contribution in [0.3, 0.4) is 0 Å². The molecule has 0 aliphatic carbocycles. The number of nitrogens with one attached hydrogen (secondary N) is 2. The molecule has 23 heavy (non-hydrogen) atoms. The van der Waals surface area contributed by atoms with E-state index in [-0.39, 0.29) is 16.1 Å². The summed E-state index contributed by atoms with van der Waals surface area (Å²) in [5, 5.41) is 0.257. The Bertz CT molecular complexity index is 711. The van der Waals surface area contributed by atoms with Crippen molar-refractivity contribution in [3.63, 3.8) is 0 Å². The van der Waals surface area contributed by atoms with Crippen molar-refractivity contribution in [1.82, 2.24) is 10.9 Å². The van der Waals surface area contributed by atoms with Gasteiger partial charge in [-0.15, -0.1) is 0 Å². The summed E-state index contributed by atoms with van der Waals surface area (Å²) in [4.78, 5) is 24.1. The average molecular weight is 357 g/mol. The Morgan fingerprint density at radius 1 is 0.957 bits per heavy atom. The van der Waals surface area contributed by atoms with E-state index >= 15 is 0 Å². The standard InChI is InChI=1S/C15H11ClF2N2O2S/c16-12-4-2-1-3-11(12)14(22)20-19-13(21)9-5-7-10(8-6-9)23-15(17)18/h1-8,15H,(H,19,21)(H,20,22). The number of amides is 2. The number of carbonyl (C=O) groups excluding carboxylic acids is 2. The molecule has 0 aromatic heterocycles. The summed E-state index contributed by atoms with van der Waals surface area (Å²) < 4.78 is 24.4. The number of carbonyl (C=O) groups is 2. The monoisotopic (exact) mass is 356 g/mol. The van der Waals surface area contributed by atoms with Crippen LogP contribution in [0.4, 0.5) is 8.78 Å². The van der Waals surface area contributed by atoms with Crippen molar-refractivity contribution in [2.75, 3.05) is 0 Å². The molecule has 120 valence electrons. The van der Waals surface area contributed by atoms with E-state index in [1.807, 2.05) is 0 Å². The van der Waals surface area contributed by atoms with Crippen LogP contribution in [0, 0.1) is 0 Å². The molecule has 4 nitrogen and oxygen atoms in total. The minimum absolute atomic E-state index is 0.221. The highest BCUT2D eigenvalue weighted by atomic mass is 35.5. The Labute approximate surface area is 140 Å². The van der Waals surface area contributed by atoms with Crippen molar-refractivity contribution in [2.45, 2.75) is 10.7 Å². The Hall–Kier alpha value is -2.12. The maximum atomic E-state index is 12.2. The first-order valence-electron chi connectivity index (χ1n) is 6.37. The van der Waals surface area contributed by atoms with E-state index in [2.05, 4.69) is 10.9 Å². The normalized spacial score (nSPS) is 10.4. The smallest absolute Gasteiger partial charge is 0.267 e. The molecule has 0 heterocycles. The SMILES string of the molecule is O=C(NNC(=O)c1ccccc1Cl)c1ccc(SC(F)F)cc1. The van der Waals surface area contributed by atoms with E-state index in [0.717, 1.165) is 0 Å². The zero-order chi connectivity index (χ0) is 16.8. The van der Waals surface area contributed by atoms with Crippen LogP contribution < -0.4 is 10.9 Å². The molecule has 2 aromatic rings. The third-order valence-electron chi connectivity index (χ3n) is 2.75. The van der Waals surface area contributed by atoms with E-state index in [1.54, 1.807) is 18.2 Å². The highest BCUT2D eigenvalue weighted by molar-refractivity contribution is 7.99. The number of hydrogen-bond acceptors (Lipinski definition) is 3. The van der Waals surface area contributed by atoms with Crippen molar-refractivity contribution in [3.8, 4) is 0 Å². The molecule has 2 N–H and O–H groups in total. The number of halogens is 3. The quantitative estimate of drug-likeness (QED) is 0.648. The van der Waals surface area contributed by atoms with Gasteiger partial charge in [0.2, 0.25) is 0 Å². The van der Waals surface area contributed by atoms with E-state index in [4.69, 9.17) is 11.6 Å². The fraction of sp³-hybridized carbons (Fsp3) is 0.0667. The molecule has 0 spiro atoms. The third kappa shape index (κ3) is 4.94. The minimum atomic E-state index is -2.52. The third-order valence-corrected chi connectivity index (χ3v) is 3.80. The molecular weight excluding hydrogens is 346 g/mol. The molecule has 0 radical (unpaired) electrons. The summed E-state index contributed by atoms with van der Waals surface area (Å²) in [5.74, 6) is -3.66. The highest BCUT2D eigenvalue weighted by Crippen LogP contribution is 2.25. The molecule has 0 bridgehead atoms. The zero-order valence-corrected chi connectivity index (χ0v) is 13.1. The van der Waals surface area contributed by atoms with Gasteiger partial charge in [-0.25, -0.2) is 0 Å². The second-order valence-electron chi connectivity index (χ2n) is 4.29. The molecule has 2 amide bonds. The molecule has 0 atom stereocenters. The molecule has 2 rings (SSSR count). The molecule has 2 aromatic carbocycles. The Kier molecular flexibility index (Phi) is 5.95. The predicted octanol–water partition coefficient (Wildman–Crippen LogP) is 3.73. The Balaban J connectivity index is 1.94. The summed E-state index contributed by atoms with van der Waals surface area (Å²) in [6, 6.07) is 12.0. The van der Waals surface area contributed by atoms with Crippen molar-refractivity contribution < 1.29 is 18.4 Å². The van der Waals surface area contributed by atoms with Gasteiger partial charge in [-0.05, 0) is 36.4 Å². The van der Waals surface area contributed by atoms with Crippen molar-refractivity contribution in [3.05, 3.63) is 64.7 Å². The highest BCUT2D eigenvalue weighted by Gasteiger charge is 2.12. The van der Waals surface area contributed by atoms with Gasteiger partial charge < -0.3 is 0 Å². The van der Waals surface area contributed by atoms with Crippen LogP contribution in [0.2, 0.25) is 5.02 Å². The molecule has 0 aliphatic heterocycles. The van der Waals surface area contributed by atoms with Gasteiger partial charge in [-0.2, -0.15) is 8.78 Å². The van der Waals surface area contributed by atoms with Gasteiger partial charge in [0.25, 0.3) is 17.6 Å². The first-order valence-corrected chi connectivity index (χ1v) is 7.63. The fourth-order valence-electron chi connectivity index (χ4n) is 1.69. The summed E-state index contributed by atoms with van der Waals surface area (Å²) in [6.45, 7) is 0. The molecule has 0 saturated carbocycles. The van der Waals surface area contributed by atoms with E-state index in [1.165, 1.54) is 30.3 Å². The summed E-state index contributed by atoms with van der Waals surface area (Å²) >= 11 is 6.26. The predicted molar refractivity (Wildman–Crippen MR) is 84.7 cm³/mol. The second-order valence-corrected chi connectivity index (χ2v) is 5.76. The first-order chi connectivity index (χ1) is 11.0. The van der Waals surface area contributed by atoms with Gasteiger partial charge in [-0.3, -0.25) is 20.4 Å². The van der Waals surface area contributed by atoms with Crippen LogP contribution in [-0.4, -0.2) is 17.6 Å². The van der Waals surface area contributed by atoms with Crippen LogP contribution in [0.5, 0.6) is 0 Å². The Morgan fingerprint density at radius 2 is 1.57 bits per heavy atom. The molecular formula is C15H11ClF2N2O2S. The van der Waals surface area contributed by atoms with E-state index in [9.17, 15) is 18.4 Å². The molecule has 0 saturated heterocycles. The lowest BCUT2D eigenvalue weighted by molar-refractivity contribution is 0.0846. The zero-order valence-electron chi connectivity index (χ0n) is 11.6. The van der Waals surface area contributed by atoms with Crippen molar-refractivity contribution >= 4 is 35.2 Å². The summed E-state index contributed by atoms with van der Waals surface area (Å²) in [7, 11) is 0. The lowest BCUT2D eigenvalue weighted by Gasteiger charge is -2.09.